The highest BCUT2D eigenvalue weighted by Crippen LogP contribution is 2.31. The van der Waals surface area contributed by atoms with Crippen LogP contribution in [0.5, 0.6) is 0 Å². The third-order valence-electron chi connectivity index (χ3n) is 8.86. The number of carbonyl (C=O) groups excluding carboxylic acids is 6. The summed E-state index contributed by atoms with van der Waals surface area (Å²) in [5.74, 6) is 0.114. The molecule has 47 heavy (non-hydrogen) atoms. The maximum atomic E-state index is 13.6. The van der Waals surface area contributed by atoms with Crippen molar-refractivity contribution in [2.24, 2.45) is 23.0 Å². The number of carbonyl (C=O) groups is 6. The molecule has 0 spiro atoms. The van der Waals surface area contributed by atoms with Crippen molar-refractivity contribution < 1.29 is 33.5 Å². The van der Waals surface area contributed by atoms with E-state index in [2.05, 4.69) is 28.6 Å². The topological polar surface area (TPSA) is 177 Å². The van der Waals surface area contributed by atoms with E-state index in [0.29, 0.717) is 31.7 Å². The highest BCUT2D eigenvalue weighted by molar-refractivity contribution is 5.95. The molecule has 2 aliphatic carbocycles. The summed E-state index contributed by atoms with van der Waals surface area (Å²) in [6.45, 7) is 9.37. The molecule has 5 N–H and O–H groups in total. The van der Waals surface area contributed by atoms with Crippen LogP contribution in [0.2, 0.25) is 0 Å². The average molecular weight is 658 g/mol. The van der Waals surface area contributed by atoms with E-state index < -0.39 is 35.5 Å². The molecule has 1 aromatic carbocycles. The minimum atomic E-state index is -0.940. The Bertz CT molecular complexity index is 1180. The van der Waals surface area contributed by atoms with Gasteiger partial charge in [-0.1, -0.05) is 96.6 Å². The second-order valence-corrected chi connectivity index (χ2v) is 13.8. The molecule has 3 fully saturated rings. The summed E-state index contributed by atoms with van der Waals surface area (Å²) in [5, 5.41) is 8.03. The Kier molecular flexibility index (Phi) is 16.4. The molecule has 5 amide bonds. The maximum Gasteiger partial charge on any atom is 0.325 e. The normalized spacial score (nSPS) is 18.7. The van der Waals surface area contributed by atoms with Crippen molar-refractivity contribution in [3.05, 3.63) is 35.9 Å². The number of likely N-dealkylation sites (tertiary alicyclic amines) is 1. The average Bonchev–Trinajstić information content (AvgIpc) is 3.48. The van der Waals surface area contributed by atoms with Gasteiger partial charge in [0.05, 0.1) is 6.04 Å². The van der Waals surface area contributed by atoms with E-state index >= 15 is 0 Å². The zero-order chi connectivity index (χ0) is 35.0. The largest absolute Gasteiger partial charge is 0.460 e. The van der Waals surface area contributed by atoms with Gasteiger partial charge in [-0.25, -0.2) is 4.79 Å². The van der Waals surface area contributed by atoms with Crippen LogP contribution in [-0.2, 0) is 35.3 Å². The first-order valence-corrected chi connectivity index (χ1v) is 16.8. The molecule has 4 rings (SSSR count). The molecule has 1 saturated heterocycles. The molecule has 12 heteroatoms. The van der Waals surface area contributed by atoms with Crippen molar-refractivity contribution in [2.45, 2.75) is 117 Å². The van der Waals surface area contributed by atoms with E-state index in [-0.39, 0.29) is 37.2 Å². The highest BCUT2D eigenvalue weighted by Gasteiger charge is 2.42. The van der Waals surface area contributed by atoms with Gasteiger partial charge in [0, 0.05) is 6.54 Å². The minimum absolute atomic E-state index is 0.0840. The number of benzene rings is 1. The number of Topliss-reactive ketones (excluding diaryl/α,β-unsaturated/α-hetero) is 1. The fourth-order valence-corrected chi connectivity index (χ4v) is 5.51. The Morgan fingerprint density at radius 1 is 0.979 bits per heavy atom. The first-order valence-electron chi connectivity index (χ1n) is 16.8. The van der Waals surface area contributed by atoms with Gasteiger partial charge in [0.15, 0.2) is 5.78 Å². The Morgan fingerprint density at radius 2 is 1.57 bits per heavy atom. The van der Waals surface area contributed by atoms with Crippen molar-refractivity contribution in [3.63, 3.8) is 0 Å². The Morgan fingerprint density at radius 3 is 2.06 bits per heavy atom. The number of hydrogen-bond acceptors (Lipinski definition) is 7. The molecule has 262 valence electrons. The highest BCUT2D eigenvalue weighted by atomic mass is 16.5. The fourth-order valence-electron chi connectivity index (χ4n) is 5.51. The number of urea groups is 1. The van der Waals surface area contributed by atoms with Gasteiger partial charge < -0.3 is 31.3 Å². The molecular weight excluding hydrogens is 602 g/mol. The number of primary amides is 1. The first-order chi connectivity index (χ1) is 22.3. The van der Waals surface area contributed by atoms with Crippen LogP contribution < -0.4 is 21.7 Å². The lowest BCUT2D eigenvalue weighted by Crippen LogP contribution is -2.60. The smallest absolute Gasteiger partial charge is 0.325 e. The summed E-state index contributed by atoms with van der Waals surface area (Å²) in [5.41, 5.74) is 4.33. The van der Waals surface area contributed by atoms with Gasteiger partial charge in [0.2, 0.25) is 18.2 Å². The summed E-state index contributed by atoms with van der Waals surface area (Å²) in [6, 6.07) is 6.31. The predicted molar refractivity (Wildman–Crippen MR) is 179 cm³/mol. The summed E-state index contributed by atoms with van der Waals surface area (Å²) >= 11 is 0. The van der Waals surface area contributed by atoms with Crippen LogP contribution in [0.25, 0.3) is 0 Å². The Labute approximate surface area is 279 Å². The Hall–Kier alpha value is -3.96. The molecule has 1 aromatic rings. The van der Waals surface area contributed by atoms with E-state index in [4.69, 9.17) is 9.53 Å². The van der Waals surface area contributed by atoms with Gasteiger partial charge in [-0.2, -0.15) is 0 Å². The molecular formula is C35H55N5O7. The van der Waals surface area contributed by atoms with Crippen LogP contribution in [0.4, 0.5) is 4.79 Å². The second-order valence-electron chi connectivity index (χ2n) is 13.8. The molecule has 3 aliphatic rings. The standard InChI is InChI=1S/C29H42N4O6.C5H10.CH3NO/c1-19(34)22(16-20-12-8-13-20)31-26(36)23-14-9-15-33(23)27(37)25(29(2,3)4)32-28(38)30-17-24(35)39-18-21-10-6-5-7-11-21;1-5-3-2-4-5;2-1-3/h5-7,10-11,20,22-23,25H,8-9,12-18H2,1-4H3,(H,31,36)(H2,30,32,38);5H,2-4H2,1H3;1H,(H2,2,3). The zero-order valence-corrected chi connectivity index (χ0v) is 28.7. The maximum absolute atomic E-state index is 13.6. The third kappa shape index (κ3) is 13.7. The van der Waals surface area contributed by atoms with Crippen molar-refractivity contribution in [1.82, 2.24) is 20.9 Å². The number of esters is 1. The monoisotopic (exact) mass is 657 g/mol. The van der Waals surface area contributed by atoms with Crippen molar-refractivity contribution in [1.29, 1.82) is 0 Å². The minimum Gasteiger partial charge on any atom is -0.460 e. The summed E-state index contributed by atoms with van der Waals surface area (Å²) in [4.78, 5) is 73.8. The quantitative estimate of drug-likeness (QED) is 0.208. The summed E-state index contributed by atoms with van der Waals surface area (Å²) in [7, 11) is 0. The molecule has 2 saturated carbocycles. The van der Waals surface area contributed by atoms with Crippen LogP contribution in [0, 0.1) is 17.3 Å². The van der Waals surface area contributed by atoms with Crippen LogP contribution in [0.15, 0.2) is 30.3 Å². The molecule has 0 aromatic heterocycles. The van der Waals surface area contributed by atoms with Crippen LogP contribution in [-0.4, -0.2) is 72.1 Å². The van der Waals surface area contributed by atoms with E-state index in [1.807, 2.05) is 51.1 Å². The lowest BCUT2D eigenvalue weighted by Gasteiger charge is -2.36. The second kappa shape index (κ2) is 19.6. The van der Waals surface area contributed by atoms with Gasteiger partial charge in [0.25, 0.3) is 0 Å². The predicted octanol–water partition coefficient (Wildman–Crippen LogP) is 3.61. The van der Waals surface area contributed by atoms with Crippen molar-refractivity contribution in [2.75, 3.05) is 13.1 Å². The lowest BCUT2D eigenvalue weighted by atomic mass is 9.80. The molecule has 1 aliphatic heterocycles. The lowest BCUT2D eigenvalue weighted by molar-refractivity contribution is -0.143. The van der Waals surface area contributed by atoms with Gasteiger partial charge in [-0.15, -0.1) is 0 Å². The van der Waals surface area contributed by atoms with Crippen molar-refractivity contribution in [3.8, 4) is 0 Å². The summed E-state index contributed by atoms with van der Waals surface area (Å²) < 4.78 is 5.18. The molecule has 12 nitrogen and oxygen atoms in total. The third-order valence-corrected chi connectivity index (χ3v) is 8.86. The zero-order valence-electron chi connectivity index (χ0n) is 28.7. The van der Waals surface area contributed by atoms with E-state index in [0.717, 1.165) is 30.7 Å². The SMILES string of the molecule is CC(=O)C(CC1CCC1)NC(=O)C1CCCN1C(=O)C(NC(=O)NCC(=O)OCc1ccccc1)C(C)(C)C.CC1CCC1.NC=O. The van der Waals surface area contributed by atoms with Gasteiger partial charge in [-0.3, -0.25) is 24.0 Å². The van der Waals surface area contributed by atoms with E-state index in [1.165, 1.54) is 31.1 Å². The van der Waals surface area contributed by atoms with Crippen LogP contribution in [0.1, 0.15) is 98.0 Å². The molecule has 1 heterocycles. The van der Waals surface area contributed by atoms with Crippen molar-refractivity contribution >= 4 is 36.0 Å². The number of nitrogens with zero attached hydrogens (tertiary/aromatic N) is 1. The fraction of sp³-hybridized carbons (Fsp3) is 0.657. The number of nitrogens with one attached hydrogen (secondary N) is 3. The number of ether oxygens (including phenoxy) is 1. The number of amides is 5. The first kappa shape index (κ1) is 39.2. The van der Waals surface area contributed by atoms with Gasteiger partial charge in [0.1, 0.15) is 25.2 Å². The van der Waals surface area contributed by atoms with Crippen LogP contribution in [0.3, 0.4) is 0 Å². The summed E-state index contributed by atoms with van der Waals surface area (Å²) in [6.07, 6.45) is 9.76. The van der Waals surface area contributed by atoms with Gasteiger partial charge >= 0.3 is 12.0 Å². The molecule has 0 bridgehead atoms. The van der Waals surface area contributed by atoms with E-state index in [9.17, 15) is 24.0 Å². The number of rotatable bonds is 11. The molecule has 3 unspecified atom stereocenters. The van der Waals surface area contributed by atoms with Gasteiger partial charge in [-0.05, 0) is 49.0 Å². The van der Waals surface area contributed by atoms with Crippen LogP contribution >= 0.6 is 0 Å². The molecule has 0 radical (unpaired) electrons. The molecule has 3 atom stereocenters. The number of ketones is 1. The number of nitrogens with two attached hydrogens (primary N) is 1. The van der Waals surface area contributed by atoms with E-state index in [1.54, 1.807) is 0 Å². The number of hydrogen-bond donors (Lipinski definition) is 4. The Balaban J connectivity index is 0.000000846.